The predicted octanol–water partition coefficient (Wildman–Crippen LogP) is 4.33. The number of ketones is 1. The van der Waals surface area contributed by atoms with Crippen LogP contribution < -0.4 is 4.90 Å². The van der Waals surface area contributed by atoms with E-state index in [0.29, 0.717) is 10.7 Å². The van der Waals surface area contributed by atoms with E-state index in [2.05, 4.69) is 0 Å². The predicted molar refractivity (Wildman–Crippen MR) is 118 cm³/mol. The third-order valence-corrected chi connectivity index (χ3v) is 6.91. The monoisotopic (exact) mass is 444 g/mol. The van der Waals surface area contributed by atoms with Gasteiger partial charge >= 0.3 is 0 Å². The summed E-state index contributed by atoms with van der Waals surface area (Å²) < 4.78 is 5.37. The van der Waals surface area contributed by atoms with E-state index in [-0.39, 0.29) is 17.5 Å². The van der Waals surface area contributed by atoms with Gasteiger partial charge in [-0.1, -0.05) is 48.0 Å². The van der Waals surface area contributed by atoms with Crippen LogP contribution in [0.2, 0.25) is 5.02 Å². The van der Waals surface area contributed by atoms with Gasteiger partial charge in [0.25, 0.3) is 0 Å². The number of anilines is 1. The summed E-state index contributed by atoms with van der Waals surface area (Å²) in [6.07, 6.45) is 5.16. The standard InChI is InChI=1S/C25H17ClN2O4/c26-16-8-3-4-9-17(16)28-24(30)19-20(25(28)31)22(23(29)18-10-5-13-32-18)27-12-11-14-6-1-2-7-15(14)21(19)27/h1-13,19-22H/t19-,20+,21-,22-/m0/s1. The molecule has 2 fully saturated rings. The summed E-state index contributed by atoms with van der Waals surface area (Å²) in [4.78, 5) is 43.9. The van der Waals surface area contributed by atoms with Gasteiger partial charge in [0.2, 0.25) is 17.6 Å². The topological polar surface area (TPSA) is 70.8 Å². The highest BCUT2D eigenvalue weighted by Gasteiger charge is 2.65. The molecule has 0 N–H and O–H groups in total. The Morgan fingerprint density at radius 1 is 0.906 bits per heavy atom. The van der Waals surface area contributed by atoms with E-state index in [9.17, 15) is 14.4 Å². The minimum absolute atomic E-state index is 0.165. The molecule has 0 bridgehead atoms. The van der Waals surface area contributed by atoms with Crippen LogP contribution in [0.5, 0.6) is 0 Å². The summed E-state index contributed by atoms with van der Waals surface area (Å²) in [5.74, 6) is -2.48. The van der Waals surface area contributed by atoms with Crippen LogP contribution >= 0.6 is 11.6 Å². The highest BCUT2D eigenvalue weighted by Crippen LogP contribution is 2.54. The number of fused-ring (bicyclic) bond motifs is 5. The Labute approximate surface area is 188 Å². The molecule has 6 nitrogen and oxygen atoms in total. The Balaban J connectivity index is 1.52. The lowest BCUT2D eigenvalue weighted by molar-refractivity contribution is -0.123. The molecule has 6 rings (SSSR count). The second kappa shape index (κ2) is 6.93. The number of carbonyl (C=O) groups is 3. The van der Waals surface area contributed by atoms with Gasteiger partial charge in [-0.3, -0.25) is 14.4 Å². The van der Waals surface area contributed by atoms with Crippen molar-refractivity contribution in [2.75, 3.05) is 4.90 Å². The molecule has 2 saturated heterocycles. The minimum Gasteiger partial charge on any atom is -0.461 e. The molecular weight excluding hydrogens is 428 g/mol. The normalized spacial score (nSPS) is 25.7. The van der Waals surface area contributed by atoms with Gasteiger partial charge in [-0.25, -0.2) is 4.90 Å². The van der Waals surface area contributed by atoms with Gasteiger partial charge in [0.15, 0.2) is 5.76 Å². The van der Waals surface area contributed by atoms with Crippen LogP contribution in [-0.2, 0) is 9.59 Å². The highest BCUT2D eigenvalue weighted by molar-refractivity contribution is 6.36. The van der Waals surface area contributed by atoms with Crippen molar-refractivity contribution in [3.05, 3.63) is 95.0 Å². The maximum Gasteiger partial charge on any atom is 0.240 e. The molecule has 7 heteroatoms. The Morgan fingerprint density at radius 3 is 2.44 bits per heavy atom. The Kier molecular flexibility index (Phi) is 4.13. The van der Waals surface area contributed by atoms with Crippen LogP contribution in [0.3, 0.4) is 0 Å². The third-order valence-electron chi connectivity index (χ3n) is 6.59. The molecule has 0 spiro atoms. The fourth-order valence-electron chi connectivity index (χ4n) is 5.29. The van der Waals surface area contributed by atoms with Crippen molar-refractivity contribution in [2.45, 2.75) is 12.1 Å². The summed E-state index contributed by atoms with van der Waals surface area (Å²) in [6.45, 7) is 0. The summed E-state index contributed by atoms with van der Waals surface area (Å²) >= 11 is 6.34. The van der Waals surface area contributed by atoms with E-state index < -0.39 is 29.8 Å². The number of carbonyl (C=O) groups excluding carboxylic acids is 3. The molecule has 3 aliphatic heterocycles. The fraction of sp³-hybridized carbons (Fsp3) is 0.160. The van der Waals surface area contributed by atoms with Crippen LogP contribution in [0.25, 0.3) is 6.08 Å². The molecule has 0 radical (unpaired) electrons. The van der Waals surface area contributed by atoms with Gasteiger partial charge in [-0.2, -0.15) is 0 Å². The number of imide groups is 1. The maximum absolute atomic E-state index is 13.7. The number of amides is 2. The fourth-order valence-corrected chi connectivity index (χ4v) is 5.51. The van der Waals surface area contributed by atoms with E-state index >= 15 is 0 Å². The van der Waals surface area contributed by atoms with Gasteiger partial charge in [-0.05, 0) is 41.5 Å². The molecule has 4 heterocycles. The summed E-state index contributed by atoms with van der Waals surface area (Å²) in [5, 5.41) is 0.309. The number of nitrogens with zero attached hydrogens (tertiary/aromatic N) is 2. The van der Waals surface area contributed by atoms with Gasteiger partial charge in [0, 0.05) is 6.20 Å². The van der Waals surface area contributed by atoms with Crippen molar-refractivity contribution in [1.29, 1.82) is 0 Å². The number of para-hydroxylation sites is 1. The molecule has 158 valence electrons. The molecule has 3 aromatic rings. The van der Waals surface area contributed by atoms with Crippen LogP contribution in [-0.4, -0.2) is 28.5 Å². The molecule has 32 heavy (non-hydrogen) atoms. The average Bonchev–Trinajstić information content (AvgIpc) is 3.51. The first kappa shape index (κ1) is 19.1. The number of hydrogen-bond donors (Lipinski definition) is 0. The minimum atomic E-state index is -0.857. The zero-order chi connectivity index (χ0) is 22.0. The van der Waals surface area contributed by atoms with E-state index in [1.54, 1.807) is 36.4 Å². The molecule has 3 aliphatic rings. The van der Waals surface area contributed by atoms with Crippen LogP contribution in [0.4, 0.5) is 5.69 Å². The number of benzene rings is 2. The zero-order valence-corrected chi connectivity index (χ0v) is 17.5. The van der Waals surface area contributed by atoms with E-state index in [1.807, 2.05) is 41.4 Å². The van der Waals surface area contributed by atoms with Crippen molar-refractivity contribution in [1.82, 2.24) is 4.90 Å². The maximum atomic E-state index is 13.7. The van der Waals surface area contributed by atoms with Gasteiger partial charge in [-0.15, -0.1) is 0 Å². The largest absolute Gasteiger partial charge is 0.461 e. The van der Waals surface area contributed by atoms with Crippen molar-refractivity contribution >= 4 is 41.0 Å². The molecule has 2 amide bonds. The lowest BCUT2D eigenvalue weighted by atomic mass is 9.84. The van der Waals surface area contributed by atoms with Gasteiger partial charge in [0.1, 0.15) is 6.04 Å². The summed E-state index contributed by atoms with van der Waals surface area (Å²) in [7, 11) is 0. The Morgan fingerprint density at radius 2 is 1.66 bits per heavy atom. The summed E-state index contributed by atoms with van der Waals surface area (Å²) in [5.41, 5.74) is 2.23. The smallest absolute Gasteiger partial charge is 0.240 e. The van der Waals surface area contributed by atoms with Gasteiger partial charge < -0.3 is 9.32 Å². The SMILES string of the molecule is O=C(c1ccco1)[C@@H]1[C@@H]2C(=O)N(c3ccccc3Cl)C(=O)[C@@H]2[C@@H]2c3ccccc3C=CN12. The first-order chi connectivity index (χ1) is 15.6. The lowest BCUT2D eigenvalue weighted by Gasteiger charge is -2.35. The lowest BCUT2D eigenvalue weighted by Crippen LogP contribution is -2.44. The molecule has 0 aliphatic carbocycles. The molecule has 0 unspecified atom stereocenters. The Hall–Kier alpha value is -3.64. The molecule has 0 saturated carbocycles. The quantitative estimate of drug-likeness (QED) is 0.444. The van der Waals surface area contributed by atoms with Crippen LogP contribution in [0, 0.1) is 11.8 Å². The van der Waals surface area contributed by atoms with Crippen molar-refractivity contribution in [3.63, 3.8) is 0 Å². The van der Waals surface area contributed by atoms with Crippen molar-refractivity contribution < 1.29 is 18.8 Å². The molecule has 4 atom stereocenters. The van der Waals surface area contributed by atoms with E-state index in [1.165, 1.54) is 6.26 Å². The number of halogens is 1. The number of hydrogen-bond acceptors (Lipinski definition) is 5. The van der Waals surface area contributed by atoms with E-state index in [0.717, 1.165) is 16.0 Å². The van der Waals surface area contributed by atoms with Gasteiger partial charge in [0.05, 0.1) is 34.9 Å². The molecule has 1 aromatic heterocycles. The van der Waals surface area contributed by atoms with Crippen LogP contribution in [0.1, 0.15) is 27.7 Å². The first-order valence-electron chi connectivity index (χ1n) is 10.3. The number of furan rings is 1. The zero-order valence-electron chi connectivity index (χ0n) is 16.7. The average molecular weight is 445 g/mol. The molecular formula is C25H17ClN2O4. The number of Topliss-reactive ketones (excluding diaryl/α,β-unsaturated/α-hetero) is 1. The second-order valence-corrected chi connectivity index (χ2v) is 8.55. The summed E-state index contributed by atoms with van der Waals surface area (Å²) in [6, 6.07) is 16.4. The van der Waals surface area contributed by atoms with Crippen molar-refractivity contribution in [3.8, 4) is 0 Å². The number of rotatable bonds is 3. The third kappa shape index (κ3) is 2.50. The highest BCUT2D eigenvalue weighted by atomic mass is 35.5. The molecule has 2 aromatic carbocycles. The first-order valence-corrected chi connectivity index (χ1v) is 10.7. The van der Waals surface area contributed by atoms with Crippen LogP contribution in [0.15, 0.2) is 77.5 Å². The van der Waals surface area contributed by atoms with Crippen molar-refractivity contribution in [2.24, 2.45) is 11.8 Å². The Bertz CT molecular complexity index is 1300. The van der Waals surface area contributed by atoms with E-state index in [4.69, 9.17) is 16.0 Å². The second-order valence-electron chi connectivity index (χ2n) is 8.14.